The second-order valence-electron chi connectivity index (χ2n) is 7.78. The lowest BCUT2D eigenvalue weighted by molar-refractivity contribution is -0.127. The van der Waals surface area contributed by atoms with Gasteiger partial charge in [0.05, 0.1) is 9.79 Å². The number of likely N-dealkylation sites (N-methyl/N-ethyl adjacent to an activating group) is 1. The summed E-state index contributed by atoms with van der Waals surface area (Å²) >= 11 is 0. The Hall–Kier alpha value is -2.68. The molecule has 1 saturated heterocycles. The van der Waals surface area contributed by atoms with Crippen LogP contribution in [0, 0.1) is 6.92 Å². The zero-order valence-corrected chi connectivity index (χ0v) is 18.0. The fourth-order valence-electron chi connectivity index (χ4n) is 3.69. The highest BCUT2D eigenvalue weighted by Gasteiger charge is 2.24. The molecular weight excluding hydrogens is 400 g/mol. The average Bonchev–Trinajstić information content (AvgIpc) is 3.09. The van der Waals surface area contributed by atoms with Crippen molar-refractivity contribution in [3.05, 3.63) is 60.3 Å². The molecule has 0 radical (unpaired) electrons. The smallest absolute Gasteiger partial charge is 0.254 e. The molecule has 0 bridgehead atoms. The number of rotatable bonds is 5. The SMILES string of the molecule is Cc1ccc(S(=O)(=O)c2cn(CC(=O)NN3CCN(C)CC3)c3ccccc23)cc1. The number of aromatic nitrogens is 1. The van der Waals surface area contributed by atoms with Crippen molar-refractivity contribution in [1.82, 2.24) is 19.9 Å². The van der Waals surface area contributed by atoms with E-state index >= 15 is 0 Å². The van der Waals surface area contributed by atoms with Gasteiger partial charge in [0.1, 0.15) is 6.54 Å². The summed E-state index contributed by atoms with van der Waals surface area (Å²) < 4.78 is 28.3. The van der Waals surface area contributed by atoms with Crippen LogP contribution in [0.3, 0.4) is 0 Å². The van der Waals surface area contributed by atoms with E-state index in [1.165, 1.54) is 0 Å². The molecule has 7 nitrogen and oxygen atoms in total. The van der Waals surface area contributed by atoms with E-state index < -0.39 is 9.84 Å². The number of benzene rings is 2. The molecule has 8 heteroatoms. The van der Waals surface area contributed by atoms with E-state index in [-0.39, 0.29) is 22.2 Å². The Balaban J connectivity index is 1.62. The maximum absolute atomic E-state index is 13.3. The van der Waals surface area contributed by atoms with Crippen molar-refractivity contribution in [2.45, 2.75) is 23.3 Å². The van der Waals surface area contributed by atoms with Crippen molar-refractivity contribution < 1.29 is 13.2 Å². The number of hydrogen-bond donors (Lipinski definition) is 1. The van der Waals surface area contributed by atoms with Crippen molar-refractivity contribution in [1.29, 1.82) is 0 Å². The summed E-state index contributed by atoms with van der Waals surface area (Å²) in [6, 6.07) is 14.1. The van der Waals surface area contributed by atoms with E-state index in [2.05, 4.69) is 17.4 Å². The molecule has 0 atom stereocenters. The number of nitrogens with one attached hydrogen (secondary N) is 1. The van der Waals surface area contributed by atoms with Gasteiger partial charge in [-0.2, -0.15) is 0 Å². The summed E-state index contributed by atoms with van der Waals surface area (Å²) in [5, 5.41) is 2.53. The molecule has 3 aromatic rings. The first-order valence-electron chi connectivity index (χ1n) is 9.97. The molecule has 0 spiro atoms. The molecule has 4 rings (SSSR count). The first-order chi connectivity index (χ1) is 14.3. The molecule has 2 heterocycles. The predicted octanol–water partition coefficient (Wildman–Crippen LogP) is 2.06. The first-order valence-corrected chi connectivity index (χ1v) is 11.5. The number of fused-ring (bicyclic) bond motifs is 1. The second kappa shape index (κ2) is 8.22. The van der Waals surface area contributed by atoms with Crippen LogP contribution >= 0.6 is 0 Å². The van der Waals surface area contributed by atoms with Crippen molar-refractivity contribution in [2.75, 3.05) is 33.2 Å². The van der Waals surface area contributed by atoms with E-state index in [0.29, 0.717) is 5.39 Å². The lowest BCUT2D eigenvalue weighted by Crippen LogP contribution is -2.53. The number of amides is 1. The van der Waals surface area contributed by atoms with Gasteiger partial charge in [-0.25, -0.2) is 13.4 Å². The summed E-state index contributed by atoms with van der Waals surface area (Å²) in [6.45, 7) is 5.29. The zero-order chi connectivity index (χ0) is 21.3. The standard InChI is InChI=1S/C22H26N4O3S/c1-17-7-9-18(10-8-17)30(28,29)21-15-25(20-6-4-3-5-19(20)21)16-22(27)23-26-13-11-24(2)12-14-26/h3-10,15H,11-14,16H2,1-2H3,(H,23,27). The van der Waals surface area contributed by atoms with Gasteiger partial charge >= 0.3 is 0 Å². The number of sulfone groups is 1. The summed E-state index contributed by atoms with van der Waals surface area (Å²) in [5.41, 5.74) is 4.65. The second-order valence-corrected chi connectivity index (χ2v) is 9.70. The summed E-state index contributed by atoms with van der Waals surface area (Å²) in [7, 11) is -1.64. The highest BCUT2D eigenvalue weighted by atomic mass is 32.2. The highest BCUT2D eigenvalue weighted by molar-refractivity contribution is 7.91. The topological polar surface area (TPSA) is 74.6 Å². The fourth-order valence-corrected chi connectivity index (χ4v) is 5.16. The van der Waals surface area contributed by atoms with Crippen molar-refractivity contribution in [3.8, 4) is 0 Å². The molecule has 2 aromatic carbocycles. The number of carbonyl (C=O) groups excluding carboxylic acids is 1. The van der Waals surface area contributed by atoms with Gasteiger partial charge in [0.25, 0.3) is 5.91 Å². The molecule has 0 saturated carbocycles. The van der Waals surface area contributed by atoms with Crippen LogP contribution in [0.5, 0.6) is 0 Å². The molecule has 0 unspecified atom stereocenters. The molecule has 1 aromatic heterocycles. The van der Waals surface area contributed by atoms with Gasteiger partial charge in [-0.1, -0.05) is 35.9 Å². The third kappa shape index (κ3) is 4.12. The van der Waals surface area contributed by atoms with Gasteiger partial charge in [-0.3, -0.25) is 10.2 Å². The van der Waals surface area contributed by atoms with Gasteiger partial charge in [0.15, 0.2) is 0 Å². The van der Waals surface area contributed by atoms with Gasteiger partial charge < -0.3 is 9.47 Å². The molecule has 1 fully saturated rings. The molecule has 1 N–H and O–H groups in total. The number of aryl methyl sites for hydroxylation is 1. The molecule has 1 aliphatic rings. The van der Waals surface area contributed by atoms with E-state index in [1.54, 1.807) is 41.1 Å². The van der Waals surface area contributed by atoms with E-state index in [4.69, 9.17) is 0 Å². The minimum Gasteiger partial charge on any atom is -0.337 e. The van der Waals surface area contributed by atoms with Crippen molar-refractivity contribution in [3.63, 3.8) is 0 Å². The molecule has 158 valence electrons. The third-order valence-corrected chi connectivity index (χ3v) is 7.27. The minimum absolute atomic E-state index is 0.0519. The monoisotopic (exact) mass is 426 g/mol. The van der Waals surface area contributed by atoms with Gasteiger partial charge in [-0.15, -0.1) is 0 Å². The average molecular weight is 427 g/mol. The zero-order valence-electron chi connectivity index (χ0n) is 17.2. The van der Waals surface area contributed by atoms with E-state index in [9.17, 15) is 13.2 Å². The van der Waals surface area contributed by atoms with Crippen molar-refractivity contribution >= 4 is 26.6 Å². The number of piperazine rings is 1. The molecular formula is C22H26N4O3S. The fraction of sp³-hybridized carbons (Fsp3) is 0.318. The van der Waals surface area contributed by atoms with E-state index in [1.807, 2.05) is 30.1 Å². The minimum atomic E-state index is -3.70. The third-order valence-electron chi connectivity index (χ3n) is 5.47. The van der Waals surface area contributed by atoms with E-state index in [0.717, 1.165) is 37.3 Å². The van der Waals surface area contributed by atoms with Crippen molar-refractivity contribution in [2.24, 2.45) is 0 Å². The number of nitrogens with zero attached hydrogens (tertiary/aromatic N) is 3. The Bertz CT molecular complexity index is 1160. The maximum Gasteiger partial charge on any atom is 0.254 e. The Labute approximate surface area is 176 Å². The van der Waals surface area contributed by atoms with Crippen LogP contribution in [0.15, 0.2) is 64.5 Å². The maximum atomic E-state index is 13.3. The largest absolute Gasteiger partial charge is 0.337 e. The molecule has 1 amide bonds. The summed E-state index contributed by atoms with van der Waals surface area (Å²) in [6.07, 6.45) is 1.57. The summed E-state index contributed by atoms with van der Waals surface area (Å²) in [5.74, 6) is -0.167. The van der Waals surface area contributed by atoms with Crippen LogP contribution in [0.4, 0.5) is 0 Å². The van der Waals surface area contributed by atoms with Crippen LogP contribution in [0.1, 0.15) is 5.56 Å². The van der Waals surface area contributed by atoms with Crippen LogP contribution in [-0.2, 0) is 21.2 Å². The van der Waals surface area contributed by atoms with Crippen LogP contribution in [0.2, 0.25) is 0 Å². The van der Waals surface area contributed by atoms with Gasteiger partial charge in [0.2, 0.25) is 9.84 Å². The van der Waals surface area contributed by atoms with Gasteiger partial charge in [0, 0.05) is 43.3 Å². The summed E-state index contributed by atoms with van der Waals surface area (Å²) in [4.78, 5) is 15.3. The molecule has 1 aliphatic heterocycles. The van der Waals surface area contributed by atoms with Gasteiger partial charge in [-0.05, 0) is 32.2 Å². The molecule has 30 heavy (non-hydrogen) atoms. The Kier molecular flexibility index (Phi) is 5.64. The Morgan fingerprint density at radius 3 is 2.37 bits per heavy atom. The number of para-hydroxylation sites is 1. The Morgan fingerprint density at radius 1 is 1.00 bits per heavy atom. The normalized spacial score (nSPS) is 16.1. The lowest BCUT2D eigenvalue weighted by atomic mass is 10.2. The number of hydrazine groups is 1. The first kappa shape index (κ1) is 20.6. The number of hydrogen-bond acceptors (Lipinski definition) is 5. The lowest BCUT2D eigenvalue weighted by Gasteiger charge is -2.32. The predicted molar refractivity (Wildman–Crippen MR) is 116 cm³/mol. The number of carbonyl (C=O) groups is 1. The van der Waals surface area contributed by atoms with Crippen LogP contribution in [-0.4, -0.2) is 62.0 Å². The highest BCUT2D eigenvalue weighted by Crippen LogP contribution is 2.30. The Morgan fingerprint density at radius 2 is 1.67 bits per heavy atom. The van der Waals surface area contributed by atoms with Crippen LogP contribution in [0.25, 0.3) is 10.9 Å². The van der Waals surface area contributed by atoms with Crippen LogP contribution < -0.4 is 5.43 Å². The molecule has 0 aliphatic carbocycles. The quantitative estimate of drug-likeness (QED) is 0.676.